The third kappa shape index (κ3) is 3.95. The van der Waals surface area contributed by atoms with Gasteiger partial charge in [0.25, 0.3) is 0 Å². The third-order valence-electron chi connectivity index (χ3n) is 3.07. The van der Waals surface area contributed by atoms with Gasteiger partial charge in [-0.3, -0.25) is 4.79 Å². The topological polar surface area (TPSA) is 60.9 Å². The number of hydrogen-bond donors (Lipinski definition) is 1. The maximum Gasteiger partial charge on any atom is 0.320 e. The first-order chi connectivity index (χ1) is 8.58. The van der Waals surface area contributed by atoms with Crippen molar-refractivity contribution in [2.45, 2.75) is 26.2 Å². The van der Waals surface area contributed by atoms with Gasteiger partial charge in [-0.25, -0.2) is 4.79 Å². The lowest BCUT2D eigenvalue weighted by Crippen LogP contribution is -2.42. The number of carbonyl (C=O) groups is 2. The molecule has 0 spiro atoms. The van der Waals surface area contributed by atoms with Crippen LogP contribution in [-0.4, -0.2) is 53.1 Å². The molecule has 0 bridgehead atoms. The zero-order valence-corrected chi connectivity index (χ0v) is 10.8. The number of urea groups is 1. The van der Waals surface area contributed by atoms with Crippen LogP contribution in [-0.2, 0) is 4.79 Å². The van der Waals surface area contributed by atoms with Gasteiger partial charge in [-0.05, 0) is 18.8 Å². The third-order valence-corrected chi connectivity index (χ3v) is 3.07. The number of amides is 2. The fourth-order valence-electron chi connectivity index (χ4n) is 2.24. The molecule has 1 unspecified atom stereocenters. The quantitative estimate of drug-likeness (QED) is 0.749. The lowest BCUT2D eigenvalue weighted by molar-refractivity contribution is -0.138. The maximum absolute atomic E-state index is 12.2. The molecule has 1 rings (SSSR count). The van der Waals surface area contributed by atoms with Gasteiger partial charge in [-0.1, -0.05) is 12.8 Å². The number of carboxylic acids is 1. The molecule has 0 aromatic heterocycles. The average molecular weight is 252 g/mol. The minimum atomic E-state index is -0.802. The summed E-state index contributed by atoms with van der Waals surface area (Å²) in [6, 6.07) is -0.0670. The van der Waals surface area contributed by atoms with Crippen molar-refractivity contribution in [1.29, 1.82) is 0 Å². The number of likely N-dealkylation sites (tertiary alicyclic amines) is 1. The highest BCUT2D eigenvalue weighted by Crippen LogP contribution is 2.20. The fraction of sp³-hybridized carbons (Fsp3) is 0.692. The molecular weight excluding hydrogens is 232 g/mol. The molecule has 1 heterocycles. The largest absolute Gasteiger partial charge is 0.481 e. The van der Waals surface area contributed by atoms with E-state index in [1.165, 1.54) is 0 Å². The Kier molecular flexibility index (Phi) is 5.50. The first kappa shape index (κ1) is 14.4. The maximum atomic E-state index is 12.2. The molecule has 0 aromatic carbocycles. The van der Waals surface area contributed by atoms with Crippen LogP contribution >= 0.6 is 0 Å². The number of hydrogen-bond acceptors (Lipinski definition) is 2. The SMILES string of the molecule is C#CCN(CCC)C(=O)N1CCC(CC(=O)O)C1. The molecule has 0 aromatic rings. The Morgan fingerprint density at radius 3 is 2.83 bits per heavy atom. The van der Waals surface area contributed by atoms with Gasteiger partial charge in [-0.2, -0.15) is 0 Å². The van der Waals surface area contributed by atoms with E-state index in [-0.39, 0.29) is 18.4 Å². The van der Waals surface area contributed by atoms with Gasteiger partial charge in [0.15, 0.2) is 0 Å². The summed E-state index contributed by atoms with van der Waals surface area (Å²) in [5.74, 6) is 1.75. The molecule has 0 radical (unpaired) electrons. The van der Waals surface area contributed by atoms with E-state index in [1.807, 2.05) is 6.92 Å². The second-order valence-electron chi connectivity index (χ2n) is 4.61. The van der Waals surface area contributed by atoms with Crippen molar-refractivity contribution in [3.63, 3.8) is 0 Å². The molecule has 0 aliphatic carbocycles. The second kappa shape index (κ2) is 6.90. The van der Waals surface area contributed by atoms with Gasteiger partial charge in [-0.15, -0.1) is 6.42 Å². The number of aliphatic carboxylic acids is 1. The van der Waals surface area contributed by atoms with Gasteiger partial charge >= 0.3 is 12.0 Å². The van der Waals surface area contributed by atoms with E-state index >= 15 is 0 Å². The Hall–Kier alpha value is -1.70. The molecule has 5 nitrogen and oxygen atoms in total. The highest BCUT2D eigenvalue weighted by molar-refractivity contribution is 5.75. The molecule has 1 fully saturated rings. The first-order valence-corrected chi connectivity index (χ1v) is 6.27. The smallest absolute Gasteiger partial charge is 0.320 e. The van der Waals surface area contributed by atoms with Crippen molar-refractivity contribution in [3.8, 4) is 12.3 Å². The molecule has 0 saturated carbocycles. The number of nitrogens with zero attached hydrogens (tertiary/aromatic N) is 2. The molecule has 1 N–H and O–H groups in total. The number of carbonyl (C=O) groups excluding carboxylic acids is 1. The van der Waals surface area contributed by atoms with Crippen LogP contribution < -0.4 is 0 Å². The monoisotopic (exact) mass is 252 g/mol. The summed E-state index contributed by atoms with van der Waals surface area (Å²) in [4.78, 5) is 26.1. The number of carboxylic acid groups (broad SMARTS) is 1. The summed E-state index contributed by atoms with van der Waals surface area (Å²) in [7, 11) is 0. The van der Waals surface area contributed by atoms with E-state index < -0.39 is 5.97 Å². The summed E-state index contributed by atoms with van der Waals surface area (Å²) in [6.07, 6.45) is 7.00. The summed E-state index contributed by atoms with van der Waals surface area (Å²) >= 11 is 0. The Bertz CT molecular complexity index is 349. The fourth-order valence-corrected chi connectivity index (χ4v) is 2.24. The van der Waals surface area contributed by atoms with E-state index in [0.29, 0.717) is 26.2 Å². The Balaban J connectivity index is 2.52. The minimum absolute atomic E-state index is 0.0670. The van der Waals surface area contributed by atoms with Gasteiger partial charge in [0.2, 0.25) is 0 Å². The van der Waals surface area contributed by atoms with Gasteiger partial charge in [0.1, 0.15) is 0 Å². The first-order valence-electron chi connectivity index (χ1n) is 6.27. The van der Waals surface area contributed by atoms with Crippen LogP contribution in [0.1, 0.15) is 26.2 Å². The highest BCUT2D eigenvalue weighted by atomic mass is 16.4. The van der Waals surface area contributed by atoms with Crippen LogP contribution in [0.5, 0.6) is 0 Å². The van der Waals surface area contributed by atoms with E-state index in [9.17, 15) is 9.59 Å². The molecule has 1 aliphatic rings. The van der Waals surface area contributed by atoms with Crippen molar-refractivity contribution >= 4 is 12.0 Å². The lowest BCUT2D eigenvalue weighted by Gasteiger charge is -2.26. The zero-order chi connectivity index (χ0) is 13.5. The van der Waals surface area contributed by atoms with E-state index in [4.69, 9.17) is 11.5 Å². The number of rotatable bonds is 5. The average Bonchev–Trinajstić information content (AvgIpc) is 2.75. The van der Waals surface area contributed by atoms with Crippen molar-refractivity contribution in [1.82, 2.24) is 9.80 Å². The van der Waals surface area contributed by atoms with Crippen LogP contribution in [0, 0.1) is 18.3 Å². The predicted molar refractivity (Wildman–Crippen MR) is 68.0 cm³/mol. The molecule has 18 heavy (non-hydrogen) atoms. The molecule has 100 valence electrons. The Morgan fingerprint density at radius 2 is 2.28 bits per heavy atom. The summed E-state index contributed by atoms with van der Waals surface area (Å²) in [6.45, 7) is 4.10. The normalized spacial score (nSPS) is 18.4. The molecule has 1 aliphatic heterocycles. The van der Waals surface area contributed by atoms with Crippen molar-refractivity contribution < 1.29 is 14.7 Å². The second-order valence-corrected chi connectivity index (χ2v) is 4.61. The highest BCUT2D eigenvalue weighted by Gasteiger charge is 2.29. The van der Waals surface area contributed by atoms with Crippen molar-refractivity contribution in [3.05, 3.63) is 0 Å². The standard InChI is InChI=1S/C13H20N2O3/c1-3-6-14(7-4-2)13(18)15-8-5-11(10-15)9-12(16)17/h1,11H,4-10H2,2H3,(H,16,17). The van der Waals surface area contributed by atoms with Gasteiger partial charge < -0.3 is 14.9 Å². The summed E-state index contributed by atoms with van der Waals surface area (Å²) < 4.78 is 0. The van der Waals surface area contributed by atoms with Crippen LogP contribution in [0.15, 0.2) is 0 Å². The minimum Gasteiger partial charge on any atom is -0.481 e. The van der Waals surface area contributed by atoms with E-state index in [2.05, 4.69) is 5.92 Å². The van der Waals surface area contributed by atoms with Crippen LogP contribution in [0.25, 0.3) is 0 Å². The Morgan fingerprint density at radius 1 is 1.56 bits per heavy atom. The predicted octanol–water partition coefficient (Wildman–Crippen LogP) is 1.25. The van der Waals surface area contributed by atoms with Crippen LogP contribution in [0.3, 0.4) is 0 Å². The number of terminal acetylenes is 1. The summed E-state index contributed by atoms with van der Waals surface area (Å²) in [5, 5.41) is 8.74. The molecule has 2 amide bonds. The zero-order valence-electron chi connectivity index (χ0n) is 10.8. The van der Waals surface area contributed by atoms with Crippen LogP contribution in [0.4, 0.5) is 4.79 Å². The van der Waals surface area contributed by atoms with Gasteiger partial charge in [0, 0.05) is 26.1 Å². The summed E-state index contributed by atoms with van der Waals surface area (Å²) in [5.41, 5.74) is 0. The van der Waals surface area contributed by atoms with E-state index in [1.54, 1.807) is 9.80 Å². The van der Waals surface area contributed by atoms with Gasteiger partial charge in [0.05, 0.1) is 6.54 Å². The molecule has 5 heteroatoms. The molecular formula is C13H20N2O3. The molecule has 1 saturated heterocycles. The molecule has 1 atom stereocenters. The van der Waals surface area contributed by atoms with Crippen molar-refractivity contribution in [2.75, 3.05) is 26.2 Å². The van der Waals surface area contributed by atoms with Crippen molar-refractivity contribution in [2.24, 2.45) is 5.92 Å². The van der Waals surface area contributed by atoms with Crippen LogP contribution in [0.2, 0.25) is 0 Å². The lowest BCUT2D eigenvalue weighted by atomic mass is 10.1. The van der Waals surface area contributed by atoms with E-state index in [0.717, 1.165) is 12.8 Å². The Labute approximate surface area is 108 Å².